The number of para-hydroxylation sites is 1. The Hall–Kier alpha value is -3.16. The lowest BCUT2D eigenvalue weighted by Gasteiger charge is -2.10. The summed E-state index contributed by atoms with van der Waals surface area (Å²) in [5.41, 5.74) is 3.29. The fourth-order valence-electron chi connectivity index (χ4n) is 2.26. The van der Waals surface area contributed by atoms with Crippen molar-refractivity contribution in [1.82, 2.24) is 25.2 Å². The van der Waals surface area contributed by atoms with Crippen LogP contribution in [-0.2, 0) is 13.6 Å². The molecule has 1 aromatic carbocycles. The van der Waals surface area contributed by atoms with E-state index in [0.29, 0.717) is 29.5 Å². The summed E-state index contributed by atoms with van der Waals surface area (Å²) in [6, 6.07) is 6.98. The molecule has 0 atom stereocenters. The first-order valence-corrected chi connectivity index (χ1v) is 7.46. The van der Waals surface area contributed by atoms with Crippen LogP contribution in [0.5, 0.6) is 0 Å². The van der Waals surface area contributed by atoms with E-state index >= 15 is 0 Å². The van der Waals surface area contributed by atoms with Gasteiger partial charge in [0.15, 0.2) is 0 Å². The predicted molar refractivity (Wildman–Crippen MR) is 88.3 cm³/mol. The molecule has 2 heterocycles. The molecule has 0 radical (unpaired) electrons. The number of urea groups is 1. The number of hydrogen-bond donors (Lipinski definition) is 2. The summed E-state index contributed by atoms with van der Waals surface area (Å²) in [4.78, 5) is 16.4. The van der Waals surface area contributed by atoms with Gasteiger partial charge in [0.25, 0.3) is 0 Å². The van der Waals surface area contributed by atoms with Gasteiger partial charge in [0, 0.05) is 37.3 Å². The number of aryl methyl sites for hydroxylation is 2. The van der Waals surface area contributed by atoms with Gasteiger partial charge in [-0.2, -0.15) is 10.1 Å². The molecule has 0 bridgehead atoms. The first-order valence-electron chi connectivity index (χ1n) is 7.46. The summed E-state index contributed by atoms with van der Waals surface area (Å²) in [7, 11) is 1.86. The number of carbonyl (C=O) groups is 1. The minimum absolute atomic E-state index is 0.314. The Morgan fingerprint density at radius 2 is 2.08 bits per heavy atom. The van der Waals surface area contributed by atoms with Gasteiger partial charge in [-0.15, -0.1) is 0 Å². The summed E-state index contributed by atoms with van der Waals surface area (Å²) < 4.78 is 6.77. The standard InChI is InChI=1S/C16H18N6O2/c1-10-12(9-18-22(10)3)8-17-16(23)20-14-7-5-4-6-13(14)15-19-11(2)24-21-15/h4-7,9H,8H2,1-3H3,(H2,17,20,23). The van der Waals surface area contributed by atoms with Crippen LogP contribution in [0.1, 0.15) is 17.1 Å². The Morgan fingerprint density at radius 1 is 1.29 bits per heavy atom. The first-order chi connectivity index (χ1) is 11.5. The molecule has 0 aliphatic carbocycles. The van der Waals surface area contributed by atoms with Crippen LogP contribution in [0.25, 0.3) is 11.4 Å². The Morgan fingerprint density at radius 3 is 2.75 bits per heavy atom. The van der Waals surface area contributed by atoms with Crippen molar-refractivity contribution in [3.05, 3.63) is 47.6 Å². The number of amides is 2. The van der Waals surface area contributed by atoms with Crippen molar-refractivity contribution >= 4 is 11.7 Å². The molecule has 0 spiro atoms. The zero-order valence-corrected chi connectivity index (χ0v) is 13.7. The lowest BCUT2D eigenvalue weighted by atomic mass is 10.1. The lowest BCUT2D eigenvalue weighted by molar-refractivity contribution is 0.251. The predicted octanol–water partition coefficient (Wildman–Crippen LogP) is 2.41. The molecule has 2 amide bonds. The Labute approximate surface area is 138 Å². The Balaban J connectivity index is 1.70. The molecule has 0 saturated carbocycles. The zero-order valence-electron chi connectivity index (χ0n) is 13.7. The molecule has 8 heteroatoms. The van der Waals surface area contributed by atoms with Gasteiger partial charge in [0.1, 0.15) is 0 Å². The third-order valence-electron chi connectivity index (χ3n) is 3.72. The van der Waals surface area contributed by atoms with Crippen molar-refractivity contribution in [1.29, 1.82) is 0 Å². The van der Waals surface area contributed by atoms with E-state index in [1.165, 1.54) is 0 Å². The van der Waals surface area contributed by atoms with Crippen molar-refractivity contribution in [2.24, 2.45) is 7.05 Å². The second-order valence-corrected chi connectivity index (χ2v) is 5.37. The number of benzene rings is 1. The molecular weight excluding hydrogens is 308 g/mol. The molecule has 0 unspecified atom stereocenters. The van der Waals surface area contributed by atoms with E-state index in [2.05, 4.69) is 25.9 Å². The molecule has 3 aromatic rings. The summed E-state index contributed by atoms with van der Waals surface area (Å²) >= 11 is 0. The second kappa shape index (κ2) is 6.53. The van der Waals surface area contributed by atoms with Crippen LogP contribution < -0.4 is 10.6 Å². The summed E-state index contributed by atoms with van der Waals surface area (Å²) in [6.07, 6.45) is 1.74. The van der Waals surface area contributed by atoms with E-state index in [9.17, 15) is 4.79 Å². The monoisotopic (exact) mass is 326 g/mol. The van der Waals surface area contributed by atoms with Crippen LogP contribution in [0.3, 0.4) is 0 Å². The van der Waals surface area contributed by atoms with Gasteiger partial charge in [0.2, 0.25) is 11.7 Å². The third-order valence-corrected chi connectivity index (χ3v) is 3.72. The number of nitrogens with zero attached hydrogens (tertiary/aromatic N) is 4. The van der Waals surface area contributed by atoms with Crippen molar-refractivity contribution < 1.29 is 9.32 Å². The minimum Gasteiger partial charge on any atom is -0.339 e. The van der Waals surface area contributed by atoms with E-state index in [4.69, 9.17) is 4.52 Å². The summed E-state index contributed by atoms with van der Waals surface area (Å²) in [6.45, 7) is 4.07. The molecule has 3 rings (SSSR count). The molecular formula is C16H18N6O2. The Kier molecular flexibility index (Phi) is 4.28. The SMILES string of the molecule is Cc1nc(-c2ccccc2NC(=O)NCc2cnn(C)c2C)no1. The number of aromatic nitrogens is 4. The van der Waals surface area contributed by atoms with Crippen LogP contribution in [0.15, 0.2) is 35.0 Å². The first kappa shape index (κ1) is 15.7. The minimum atomic E-state index is -0.314. The molecule has 8 nitrogen and oxygen atoms in total. The number of nitrogens with one attached hydrogen (secondary N) is 2. The second-order valence-electron chi connectivity index (χ2n) is 5.37. The van der Waals surface area contributed by atoms with Gasteiger partial charge in [0.05, 0.1) is 11.9 Å². The zero-order chi connectivity index (χ0) is 17.1. The normalized spacial score (nSPS) is 10.6. The molecule has 0 aliphatic rings. The van der Waals surface area contributed by atoms with Crippen molar-refractivity contribution in [2.45, 2.75) is 20.4 Å². The lowest BCUT2D eigenvalue weighted by Crippen LogP contribution is -2.28. The van der Waals surface area contributed by atoms with Gasteiger partial charge >= 0.3 is 6.03 Å². The van der Waals surface area contributed by atoms with E-state index in [-0.39, 0.29) is 6.03 Å². The number of anilines is 1. The van der Waals surface area contributed by atoms with Crippen molar-refractivity contribution in [3.8, 4) is 11.4 Å². The third kappa shape index (κ3) is 3.27. The van der Waals surface area contributed by atoms with E-state index in [0.717, 1.165) is 11.3 Å². The maximum Gasteiger partial charge on any atom is 0.319 e. The molecule has 0 fully saturated rings. The maximum atomic E-state index is 12.2. The van der Waals surface area contributed by atoms with Gasteiger partial charge in [-0.3, -0.25) is 4.68 Å². The topological polar surface area (TPSA) is 97.9 Å². The highest BCUT2D eigenvalue weighted by atomic mass is 16.5. The van der Waals surface area contributed by atoms with Crippen LogP contribution in [0.4, 0.5) is 10.5 Å². The quantitative estimate of drug-likeness (QED) is 0.767. The van der Waals surface area contributed by atoms with Crippen LogP contribution in [0, 0.1) is 13.8 Å². The molecule has 2 N–H and O–H groups in total. The smallest absolute Gasteiger partial charge is 0.319 e. The number of hydrogen-bond acceptors (Lipinski definition) is 5. The van der Waals surface area contributed by atoms with Crippen molar-refractivity contribution in [2.75, 3.05) is 5.32 Å². The maximum absolute atomic E-state index is 12.2. The van der Waals surface area contributed by atoms with Gasteiger partial charge in [-0.25, -0.2) is 4.79 Å². The van der Waals surface area contributed by atoms with E-state index in [1.807, 2.05) is 32.2 Å². The van der Waals surface area contributed by atoms with Crippen molar-refractivity contribution in [3.63, 3.8) is 0 Å². The van der Waals surface area contributed by atoms with Crippen LogP contribution in [-0.4, -0.2) is 26.0 Å². The van der Waals surface area contributed by atoms with Gasteiger partial charge < -0.3 is 15.2 Å². The highest BCUT2D eigenvalue weighted by Crippen LogP contribution is 2.25. The van der Waals surface area contributed by atoms with Crippen LogP contribution >= 0.6 is 0 Å². The largest absolute Gasteiger partial charge is 0.339 e. The summed E-state index contributed by atoms with van der Waals surface area (Å²) in [5, 5.41) is 13.7. The molecule has 2 aromatic heterocycles. The molecule has 0 saturated heterocycles. The average Bonchev–Trinajstić information content (AvgIpc) is 3.13. The molecule has 124 valence electrons. The van der Waals surface area contributed by atoms with Crippen LogP contribution in [0.2, 0.25) is 0 Å². The fourth-order valence-corrected chi connectivity index (χ4v) is 2.26. The fraction of sp³-hybridized carbons (Fsp3) is 0.250. The molecule has 24 heavy (non-hydrogen) atoms. The van der Waals surface area contributed by atoms with Gasteiger partial charge in [-0.05, 0) is 19.1 Å². The highest BCUT2D eigenvalue weighted by Gasteiger charge is 2.13. The number of carbonyl (C=O) groups excluding carboxylic acids is 1. The molecule has 0 aliphatic heterocycles. The highest BCUT2D eigenvalue weighted by molar-refractivity contribution is 5.93. The summed E-state index contributed by atoms with van der Waals surface area (Å²) in [5.74, 6) is 0.905. The Bertz CT molecular complexity index is 867. The van der Waals surface area contributed by atoms with E-state index in [1.54, 1.807) is 23.9 Å². The van der Waals surface area contributed by atoms with E-state index < -0.39 is 0 Å². The van der Waals surface area contributed by atoms with Gasteiger partial charge in [-0.1, -0.05) is 17.3 Å². The number of rotatable bonds is 4. The average molecular weight is 326 g/mol.